The van der Waals surface area contributed by atoms with E-state index in [1.165, 1.54) is 19.3 Å². The quantitative estimate of drug-likeness (QED) is 0.566. The fourth-order valence-corrected chi connectivity index (χ4v) is 2.69. The highest BCUT2D eigenvalue weighted by atomic mass is 16.5. The topological polar surface area (TPSA) is 26.3 Å². The summed E-state index contributed by atoms with van der Waals surface area (Å²) in [6, 6.07) is 0. The first-order chi connectivity index (χ1) is 8.62. The van der Waals surface area contributed by atoms with Crippen LogP contribution in [0.25, 0.3) is 0 Å². The van der Waals surface area contributed by atoms with Crippen molar-refractivity contribution in [1.82, 2.24) is 0 Å². The third-order valence-corrected chi connectivity index (χ3v) is 3.52. The summed E-state index contributed by atoms with van der Waals surface area (Å²) in [5.74, 6) is 0.478. The maximum atomic E-state index is 12.2. The summed E-state index contributed by atoms with van der Waals surface area (Å²) in [5.41, 5.74) is -0.240. The second-order valence-corrected chi connectivity index (χ2v) is 7.64. The van der Waals surface area contributed by atoms with Crippen LogP contribution in [0.4, 0.5) is 0 Å². The van der Waals surface area contributed by atoms with Crippen molar-refractivity contribution in [2.24, 2.45) is 16.7 Å². The molecule has 0 bridgehead atoms. The van der Waals surface area contributed by atoms with E-state index >= 15 is 0 Å². The molecule has 0 saturated heterocycles. The highest BCUT2D eigenvalue weighted by molar-refractivity contribution is 5.75. The fraction of sp³-hybridized carbons (Fsp3) is 0.941. The number of hydrogen-bond donors (Lipinski definition) is 0. The van der Waals surface area contributed by atoms with Crippen LogP contribution in [0.1, 0.15) is 80.6 Å². The fourth-order valence-electron chi connectivity index (χ4n) is 2.69. The Bertz CT molecular complexity index is 261. The Morgan fingerprint density at radius 2 is 1.68 bits per heavy atom. The van der Waals surface area contributed by atoms with Gasteiger partial charge in [0.05, 0.1) is 12.0 Å². The van der Waals surface area contributed by atoms with Gasteiger partial charge in [-0.1, -0.05) is 53.9 Å². The Labute approximate surface area is 120 Å². The zero-order valence-electron chi connectivity index (χ0n) is 14.1. The Balaban J connectivity index is 4.28. The maximum absolute atomic E-state index is 12.2. The molecule has 0 aromatic heterocycles. The smallest absolute Gasteiger partial charge is 0.311 e. The van der Waals surface area contributed by atoms with Gasteiger partial charge in [0.15, 0.2) is 0 Å². The van der Waals surface area contributed by atoms with Crippen molar-refractivity contribution < 1.29 is 9.53 Å². The lowest BCUT2D eigenvalue weighted by atomic mass is 9.76. The highest BCUT2D eigenvalue weighted by Crippen LogP contribution is 2.34. The van der Waals surface area contributed by atoms with E-state index in [2.05, 4.69) is 34.6 Å². The van der Waals surface area contributed by atoms with Crippen LogP contribution in [0.15, 0.2) is 0 Å². The molecule has 1 unspecified atom stereocenters. The number of hydrogen-bond acceptors (Lipinski definition) is 2. The second-order valence-electron chi connectivity index (χ2n) is 7.64. The number of esters is 1. The van der Waals surface area contributed by atoms with Crippen molar-refractivity contribution in [1.29, 1.82) is 0 Å². The minimum atomic E-state index is -0.388. The van der Waals surface area contributed by atoms with Crippen LogP contribution >= 0.6 is 0 Å². The molecule has 114 valence electrons. The Kier molecular flexibility index (Phi) is 7.69. The average molecular weight is 270 g/mol. The third kappa shape index (κ3) is 8.28. The zero-order valence-corrected chi connectivity index (χ0v) is 14.1. The van der Waals surface area contributed by atoms with Gasteiger partial charge in [0.2, 0.25) is 0 Å². The number of carbonyl (C=O) groups is 1. The molecular weight excluding hydrogens is 236 g/mol. The van der Waals surface area contributed by atoms with Crippen molar-refractivity contribution in [3.63, 3.8) is 0 Å². The van der Waals surface area contributed by atoms with Gasteiger partial charge < -0.3 is 4.74 Å². The first-order valence-electron chi connectivity index (χ1n) is 7.79. The van der Waals surface area contributed by atoms with Gasteiger partial charge in [-0.3, -0.25) is 4.79 Å². The monoisotopic (exact) mass is 270 g/mol. The van der Waals surface area contributed by atoms with Crippen LogP contribution in [0.2, 0.25) is 0 Å². The SMILES string of the molecule is CCCCC(CC)COC(=O)C(C)(C)CC(C)(C)C. The van der Waals surface area contributed by atoms with Crippen LogP contribution in [-0.4, -0.2) is 12.6 Å². The summed E-state index contributed by atoms with van der Waals surface area (Å²) in [7, 11) is 0. The predicted molar refractivity (Wildman–Crippen MR) is 82.1 cm³/mol. The van der Waals surface area contributed by atoms with E-state index in [1.807, 2.05) is 13.8 Å². The number of carbonyl (C=O) groups excluding carboxylic acids is 1. The van der Waals surface area contributed by atoms with E-state index in [1.54, 1.807) is 0 Å². The third-order valence-electron chi connectivity index (χ3n) is 3.52. The minimum absolute atomic E-state index is 0.0441. The molecule has 0 spiro atoms. The van der Waals surface area contributed by atoms with Crippen molar-refractivity contribution in [2.45, 2.75) is 80.6 Å². The van der Waals surface area contributed by atoms with Crippen LogP contribution in [-0.2, 0) is 9.53 Å². The van der Waals surface area contributed by atoms with Gasteiger partial charge in [0, 0.05) is 0 Å². The van der Waals surface area contributed by atoms with Gasteiger partial charge >= 0.3 is 5.97 Å². The van der Waals surface area contributed by atoms with Gasteiger partial charge in [-0.15, -0.1) is 0 Å². The summed E-state index contributed by atoms with van der Waals surface area (Å²) in [5, 5.41) is 0. The largest absolute Gasteiger partial charge is 0.465 e. The van der Waals surface area contributed by atoms with E-state index in [9.17, 15) is 4.79 Å². The van der Waals surface area contributed by atoms with Crippen molar-refractivity contribution in [3.8, 4) is 0 Å². The lowest BCUT2D eigenvalue weighted by Gasteiger charge is -2.31. The summed E-state index contributed by atoms with van der Waals surface area (Å²) < 4.78 is 5.56. The molecular formula is C17H34O2. The summed E-state index contributed by atoms with van der Waals surface area (Å²) in [4.78, 5) is 12.2. The Morgan fingerprint density at radius 3 is 2.11 bits per heavy atom. The average Bonchev–Trinajstić information content (AvgIpc) is 2.25. The van der Waals surface area contributed by atoms with Gasteiger partial charge in [-0.2, -0.15) is 0 Å². The van der Waals surface area contributed by atoms with E-state index in [0.29, 0.717) is 12.5 Å². The molecule has 19 heavy (non-hydrogen) atoms. The van der Waals surface area contributed by atoms with E-state index < -0.39 is 0 Å². The minimum Gasteiger partial charge on any atom is -0.465 e. The van der Waals surface area contributed by atoms with Crippen LogP contribution < -0.4 is 0 Å². The molecule has 0 rings (SSSR count). The number of rotatable bonds is 8. The maximum Gasteiger partial charge on any atom is 0.311 e. The molecule has 2 heteroatoms. The van der Waals surface area contributed by atoms with Gasteiger partial charge in [-0.25, -0.2) is 0 Å². The first-order valence-corrected chi connectivity index (χ1v) is 7.79. The molecule has 0 fully saturated rings. The number of unbranched alkanes of at least 4 members (excludes halogenated alkanes) is 1. The standard InChI is InChI=1S/C17H34O2/c1-8-10-11-14(9-2)12-19-15(18)17(6,7)13-16(3,4)5/h14H,8-13H2,1-7H3. The number of ether oxygens (including phenoxy) is 1. The lowest BCUT2D eigenvalue weighted by Crippen LogP contribution is -2.32. The summed E-state index contributed by atoms with van der Waals surface area (Å²) in [6.07, 6.45) is 5.54. The van der Waals surface area contributed by atoms with Gasteiger partial charge in [0.1, 0.15) is 0 Å². The molecule has 0 aromatic carbocycles. The van der Waals surface area contributed by atoms with Crippen LogP contribution in [0.5, 0.6) is 0 Å². The molecule has 2 nitrogen and oxygen atoms in total. The zero-order chi connectivity index (χ0) is 15.1. The lowest BCUT2D eigenvalue weighted by molar-refractivity contribution is -0.157. The molecule has 0 heterocycles. The first kappa shape index (κ1) is 18.5. The van der Waals surface area contributed by atoms with E-state index in [4.69, 9.17) is 4.74 Å². The molecule has 0 amide bonds. The van der Waals surface area contributed by atoms with Crippen molar-refractivity contribution in [2.75, 3.05) is 6.61 Å². The Hall–Kier alpha value is -0.530. The highest BCUT2D eigenvalue weighted by Gasteiger charge is 2.34. The van der Waals surface area contributed by atoms with Gasteiger partial charge in [0.25, 0.3) is 0 Å². The molecule has 0 aliphatic rings. The molecule has 0 radical (unpaired) electrons. The van der Waals surface area contributed by atoms with Crippen LogP contribution in [0, 0.1) is 16.7 Å². The van der Waals surface area contributed by atoms with Crippen LogP contribution in [0.3, 0.4) is 0 Å². The van der Waals surface area contributed by atoms with E-state index in [0.717, 1.165) is 12.8 Å². The molecule has 0 aliphatic heterocycles. The Morgan fingerprint density at radius 1 is 1.11 bits per heavy atom. The molecule has 0 aromatic rings. The second kappa shape index (κ2) is 7.91. The van der Waals surface area contributed by atoms with Crippen molar-refractivity contribution in [3.05, 3.63) is 0 Å². The summed E-state index contributed by atoms with van der Waals surface area (Å²) >= 11 is 0. The van der Waals surface area contributed by atoms with Crippen molar-refractivity contribution >= 4 is 5.97 Å². The molecule has 0 N–H and O–H groups in total. The molecule has 1 atom stereocenters. The van der Waals surface area contributed by atoms with Gasteiger partial charge in [-0.05, 0) is 38.0 Å². The predicted octanol–water partition coefficient (Wildman–Crippen LogP) is 5.21. The molecule has 0 aliphatic carbocycles. The normalized spacial score (nSPS) is 14.3. The van der Waals surface area contributed by atoms with E-state index in [-0.39, 0.29) is 16.8 Å². The summed E-state index contributed by atoms with van der Waals surface area (Å²) in [6.45, 7) is 15.4. The molecule has 0 saturated carbocycles.